The Morgan fingerprint density at radius 1 is 1.33 bits per heavy atom. The molecule has 1 atom stereocenters. The lowest BCUT2D eigenvalue weighted by molar-refractivity contribution is 0.564. The molecule has 0 aliphatic carbocycles. The zero-order valence-electron chi connectivity index (χ0n) is 8.12. The molecule has 2 aromatic rings. The van der Waals surface area contributed by atoms with Crippen LogP contribution in [0.4, 0.5) is 0 Å². The molecule has 0 fully saturated rings. The van der Waals surface area contributed by atoms with Crippen molar-refractivity contribution in [2.24, 2.45) is 0 Å². The molecule has 0 saturated carbocycles. The predicted molar refractivity (Wildman–Crippen MR) is 57.3 cm³/mol. The van der Waals surface area contributed by atoms with Gasteiger partial charge in [0.25, 0.3) is 0 Å². The zero-order valence-corrected chi connectivity index (χ0v) is 8.94. The van der Waals surface area contributed by atoms with Gasteiger partial charge in [-0.3, -0.25) is 0 Å². The number of hydrogen-bond donors (Lipinski definition) is 1. The first-order valence-corrected chi connectivity index (χ1v) is 5.50. The molecule has 0 aliphatic heterocycles. The van der Waals surface area contributed by atoms with Crippen molar-refractivity contribution in [2.45, 2.75) is 11.8 Å². The van der Waals surface area contributed by atoms with E-state index in [-0.39, 0.29) is 0 Å². The van der Waals surface area contributed by atoms with Crippen LogP contribution in [-0.2, 0) is 11.1 Å². The highest BCUT2D eigenvalue weighted by Crippen LogP contribution is 2.10. The zero-order chi connectivity index (χ0) is 10.8. The molecule has 0 radical (unpaired) electrons. The maximum Gasteiger partial charge on any atom is 0.189 e. The van der Waals surface area contributed by atoms with Crippen LogP contribution in [0, 0.1) is 6.92 Å². The molecule has 1 N–H and O–H groups in total. The minimum Gasteiger partial charge on any atom is -0.302 e. The molecule has 0 saturated heterocycles. The number of hydrogen-bond acceptors (Lipinski definition) is 2. The second-order valence-electron chi connectivity index (χ2n) is 3.21. The normalized spacial score (nSPS) is 12.7. The van der Waals surface area contributed by atoms with Crippen LogP contribution in [0.25, 0.3) is 5.69 Å². The first kappa shape index (κ1) is 10.1. The molecule has 0 bridgehead atoms. The van der Waals surface area contributed by atoms with Crippen LogP contribution >= 0.6 is 0 Å². The van der Waals surface area contributed by atoms with Gasteiger partial charge in [-0.25, -0.2) is 8.89 Å². The fourth-order valence-corrected chi connectivity index (χ4v) is 1.56. The summed E-state index contributed by atoms with van der Waals surface area (Å²) in [6, 6.07) is 7.75. The van der Waals surface area contributed by atoms with Crippen molar-refractivity contribution in [2.75, 3.05) is 0 Å². The van der Waals surface area contributed by atoms with E-state index in [2.05, 4.69) is 5.10 Å². The van der Waals surface area contributed by atoms with E-state index in [1.165, 1.54) is 6.20 Å². The summed E-state index contributed by atoms with van der Waals surface area (Å²) < 4.78 is 21.2. The Morgan fingerprint density at radius 2 is 2.00 bits per heavy atom. The fourth-order valence-electron chi connectivity index (χ4n) is 1.24. The lowest BCUT2D eigenvalue weighted by Crippen LogP contribution is -1.93. The number of aryl methyl sites for hydroxylation is 1. The van der Waals surface area contributed by atoms with E-state index in [9.17, 15) is 4.21 Å². The molecule has 0 amide bonds. The summed E-state index contributed by atoms with van der Waals surface area (Å²) in [6.07, 6.45) is 2.93. The number of aromatic nitrogens is 2. The van der Waals surface area contributed by atoms with E-state index >= 15 is 0 Å². The minimum atomic E-state index is -1.97. The maximum atomic E-state index is 10.8. The topological polar surface area (TPSA) is 55.1 Å². The van der Waals surface area contributed by atoms with Crippen LogP contribution in [0.1, 0.15) is 5.56 Å². The average molecular weight is 222 g/mol. The van der Waals surface area contributed by atoms with Gasteiger partial charge in [-0.1, -0.05) is 17.7 Å². The van der Waals surface area contributed by atoms with Crippen molar-refractivity contribution in [1.29, 1.82) is 0 Å². The van der Waals surface area contributed by atoms with E-state index in [0.717, 1.165) is 11.3 Å². The predicted octanol–water partition coefficient (Wildman–Crippen LogP) is 1.76. The van der Waals surface area contributed by atoms with E-state index in [4.69, 9.17) is 4.55 Å². The summed E-state index contributed by atoms with van der Waals surface area (Å²) in [5.74, 6) is 0. The first-order valence-electron chi connectivity index (χ1n) is 4.39. The summed E-state index contributed by atoms with van der Waals surface area (Å²) in [6.45, 7) is 2.00. The smallest absolute Gasteiger partial charge is 0.189 e. The average Bonchev–Trinajstić information content (AvgIpc) is 2.68. The lowest BCUT2D eigenvalue weighted by atomic mass is 10.2. The first-order chi connectivity index (χ1) is 7.16. The molecule has 1 heterocycles. The summed E-state index contributed by atoms with van der Waals surface area (Å²) in [5, 5.41) is 4.00. The lowest BCUT2D eigenvalue weighted by Gasteiger charge is -2.00. The second-order valence-corrected chi connectivity index (χ2v) is 4.18. The van der Waals surface area contributed by atoms with Crippen molar-refractivity contribution in [3.63, 3.8) is 0 Å². The van der Waals surface area contributed by atoms with E-state index in [1.807, 2.05) is 31.2 Å². The highest BCUT2D eigenvalue weighted by Gasteiger charge is 2.04. The standard InChI is InChI=1S/C10H10N2O2S/c1-8-2-4-9(5-3-8)12-7-10(6-11-12)15(13)14/h2-7H,1H3,(H,13,14). The molecule has 1 aromatic heterocycles. The summed E-state index contributed by atoms with van der Waals surface area (Å²) >= 11 is -1.97. The van der Waals surface area contributed by atoms with Gasteiger partial charge in [-0.05, 0) is 19.1 Å². The van der Waals surface area contributed by atoms with Crippen molar-refractivity contribution < 1.29 is 8.76 Å². The van der Waals surface area contributed by atoms with Gasteiger partial charge in [0.2, 0.25) is 0 Å². The molecule has 5 heteroatoms. The van der Waals surface area contributed by atoms with Crippen molar-refractivity contribution in [3.05, 3.63) is 42.2 Å². The Morgan fingerprint density at radius 3 is 2.53 bits per heavy atom. The van der Waals surface area contributed by atoms with Gasteiger partial charge in [0, 0.05) is 6.20 Å². The largest absolute Gasteiger partial charge is 0.302 e. The van der Waals surface area contributed by atoms with Crippen LogP contribution in [0.5, 0.6) is 0 Å². The van der Waals surface area contributed by atoms with E-state index < -0.39 is 11.1 Å². The van der Waals surface area contributed by atoms with Crippen LogP contribution in [-0.4, -0.2) is 18.5 Å². The van der Waals surface area contributed by atoms with Gasteiger partial charge in [0.05, 0.1) is 11.9 Å². The number of rotatable bonds is 2. The van der Waals surface area contributed by atoms with Gasteiger partial charge in [-0.15, -0.1) is 0 Å². The fraction of sp³-hybridized carbons (Fsp3) is 0.100. The molecule has 2 rings (SSSR count). The molecule has 0 spiro atoms. The van der Waals surface area contributed by atoms with Crippen molar-refractivity contribution in [3.8, 4) is 5.69 Å². The maximum absolute atomic E-state index is 10.8. The van der Waals surface area contributed by atoms with Gasteiger partial charge in [-0.2, -0.15) is 5.10 Å². The summed E-state index contributed by atoms with van der Waals surface area (Å²) in [4.78, 5) is 0.301. The number of benzene rings is 1. The number of nitrogens with zero attached hydrogens (tertiary/aromatic N) is 2. The molecular weight excluding hydrogens is 212 g/mol. The molecule has 0 aliphatic rings. The third-order valence-corrected chi connectivity index (χ3v) is 2.67. The van der Waals surface area contributed by atoms with Crippen LogP contribution in [0.3, 0.4) is 0 Å². The van der Waals surface area contributed by atoms with Crippen LogP contribution in [0.2, 0.25) is 0 Å². The summed E-state index contributed by atoms with van der Waals surface area (Å²) in [5.41, 5.74) is 2.04. The summed E-state index contributed by atoms with van der Waals surface area (Å²) in [7, 11) is 0. The second kappa shape index (κ2) is 3.96. The monoisotopic (exact) mass is 222 g/mol. The Bertz CT molecular complexity index is 490. The molecule has 1 unspecified atom stereocenters. The van der Waals surface area contributed by atoms with Crippen molar-refractivity contribution in [1.82, 2.24) is 9.78 Å². The molecular formula is C10H10N2O2S. The van der Waals surface area contributed by atoms with E-state index in [1.54, 1.807) is 10.9 Å². The Hall–Kier alpha value is -1.46. The SMILES string of the molecule is Cc1ccc(-n2cc(S(=O)O)cn2)cc1. The van der Waals surface area contributed by atoms with Gasteiger partial charge >= 0.3 is 0 Å². The highest BCUT2D eigenvalue weighted by molar-refractivity contribution is 7.79. The molecule has 15 heavy (non-hydrogen) atoms. The van der Waals surface area contributed by atoms with Crippen LogP contribution < -0.4 is 0 Å². The third-order valence-electron chi connectivity index (χ3n) is 2.06. The Kier molecular flexibility index (Phi) is 2.66. The minimum absolute atomic E-state index is 0.301. The van der Waals surface area contributed by atoms with E-state index in [0.29, 0.717) is 4.90 Å². The van der Waals surface area contributed by atoms with Gasteiger partial charge in [0.15, 0.2) is 11.1 Å². The molecule has 4 nitrogen and oxygen atoms in total. The van der Waals surface area contributed by atoms with Crippen LogP contribution in [0.15, 0.2) is 41.6 Å². The van der Waals surface area contributed by atoms with Gasteiger partial charge < -0.3 is 4.55 Å². The quantitative estimate of drug-likeness (QED) is 0.788. The highest BCUT2D eigenvalue weighted by atomic mass is 32.2. The third kappa shape index (κ3) is 2.14. The Labute approximate surface area is 89.8 Å². The Balaban J connectivity index is 2.37. The van der Waals surface area contributed by atoms with Gasteiger partial charge in [0.1, 0.15) is 4.90 Å². The molecule has 1 aromatic carbocycles. The van der Waals surface area contributed by atoms with Crippen molar-refractivity contribution >= 4 is 11.1 Å². The molecule has 78 valence electrons.